The highest BCUT2D eigenvalue weighted by molar-refractivity contribution is 6.30. The van der Waals surface area contributed by atoms with Crippen molar-refractivity contribution in [3.05, 3.63) is 71.3 Å². The fourth-order valence-electron chi connectivity index (χ4n) is 4.13. The van der Waals surface area contributed by atoms with E-state index in [9.17, 15) is 19.2 Å². The number of carbonyl (C=O) groups excluding carboxylic acids is 4. The summed E-state index contributed by atoms with van der Waals surface area (Å²) in [5, 5.41) is 3.06. The quantitative estimate of drug-likeness (QED) is 0.422. The summed E-state index contributed by atoms with van der Waals surface area (Å²) in [6, 6.07) is 12.6. The molecule has 0 unspecified atom stereocenters. The third kappa shape index (κ3) is 4.29. The monoisotopic (exact) mass is 452 g/mol. The smallest absolute Gasteiger partial charge is 0.338 e. The highest BCUT2D eigenvalue weighted by Gasteiger charge is 2.50. The minimum Gasteiger partial charge on any atom is -0.452 e. The van der Waals surface area contributed by atoms with Gasteiger partial charge in [0.15, 0.2) is 6.61 Å². The first-order chi connectivity index (χ1) is 15.3. The molecular weight excluding hydrogens is 432 g/mol. The number of imide groups is 1. The number of nitrogens with one attached hydrogen (secondary N) is 1. The van der Waals surface area contributed by atoms with Crippen molar-refractivity contribution in [2.24, 2.45) is 17.8 Å². The number of anilines is 2. The Balaban J connectivity index is 1.37. The van der Waals surface area contributed by atoms with Gasteiger partial charge in [0.2, 0.25) is 11.8 Å². The molecule has 1 N–H and O–H groups in total. The van der Waals surface area contributed by atoms with Gasteiger partial charge in [0, 0.05) is 10.7 Å². The van der Waals surface area contributed by atoms with Crippen molar-refractivity contribution in [1.29, 1.82) is 0 Å². The normalized spacial score (nSPS) is 21.9. The fraction of sp³-hybridized carbons (Fsp3) is 0.250. The number of rotatable bonds is 5. The zero-order valence-electron chi connectivity index (χ0n) is 17.3. The van der Waals surface area contributed by atoms with Crippen LogP contribution in [0.5, 0.6) is 0 Å². The second-order valence-corrected chi connectivity index (χ2v) is 8.29. The number of carbonyl (C=O) groups is 4. The van der Waals surface area contributed by atoms with Crippen molar-refractivity contribution in [2.75, 3.05) is 16.8 Å². The van der Waals surface area contributed by atoms with Gasteiger partial charge in [-0.15, -0.1) is 0 Å². The number of amides is 3. The number of allylic oxidation sites excluding steroid dienone is 2. The highest BCUT2D eigenvalue weighted by Crippen LogP contribution is 2.40. The molecule has 32 heavy (non-hydrogen) atoms. The van der Waals surface area contributed by atoms with Gasteiger partial charge in [-0.2, -0.15) is 0 Å². The maximum atomic E-state index is 12.9. The molecule has 1 fully saturated rings. The molecule has 1 heterocycles. The molecule has 7 nitrogen and oxygen atoms in total. The number of halogens is 1. The van der Waals surface area contributed by atoms with Crippen molar-refractivity contribution in [1.82, 2.24) is 0 Å². The Labute approximate surface area is 190 Å². The molecule has 3 amide bonds. The van der Waals surface area contributed by atoms with Gasteiger partial charge in [-0.3, -0.25) is 19.3 Å². The summed E-state index contributed by atoms with van der Waals surface area (Å²) in [5.74, 6) is -2.32. The summed E-state index contributed by atoms with van der Waals surface area (Å²) in [4.78, 5) is 51.1. The van der Waals surface area contributed by atoms with Crippen LogP contribution in [0.4, 0.5) is 11.4 Å². The number of benzene rings is 2. The lowest BCUT2D eigenvalue weighted by Crippen LogP contribution is -2.31. The van der Waals surface area contributed by atoms with Crippen molar-refractivity contribution in [2.45, 2.75) is 13.3 Å². The van der Waals surface area contributed by atoms with Gasteiger partial charge in [-0.05, 0) is 54.8 Å². The molecular formula is C24H21ClN2O5. The van der Waals surface area contributed by atoms with Crippen molar-refractivity contribution >= 4 is 46.7 Å². The van der Waals surface area contributed by atoms with E-state index in [2.05, 4.69) is 5.32 Å². The second kappa shape index (κ2) is 8.96. The Morgan fingerprint density at radius 1 is 1.12 bits per heavy atom. The lowest BCUT2D eigenvalue weighted by Gasteiger charge is -2.22. The standard InChI is InChI=1S/C24H21ClN2O5/c1-14-4-2-7-19-21(14)23(30)27(22(19)29)18-10-8-15(9-11-18)24(31)32-13-20(28)26-17-6-3-5-16(25)12-17/h2-6,8-12,14,19,21H,7,13H2,1H3,(H,26,28)/t14-,19+,21+/m1/s1. The van der Waals surface area contributed by atoms with E-state index in [1.807, 2.05) is 19.1 Å². The summed E-state index contributed by atoms with van der Waals surface area (Å²) in [6.45, 7) is 1.47. The number of esters is 1. The molecule has 3 atom stereocenters. The molecule has 164 valence electrons. The number of hydrogen-bond donors (Lipinski definition) is 1. The molecule has 4 rings (SSSR count). The average Bonchev–Trinajstić information content (AvgIpc) is 3.03. The Morgan fingerprint density at radius 3 is 2.56 bits per heavy atom. The highest BCUT2D eigenvalue weighted by atomic mass is 35.5. The predicted molar refractivity (Wildman–Crippen MR) is 119 cm³/mol. The van der Waals surface area contributed by atoms with E-state index in [0.29, 0.717) is 22.8 Å². The first kappa shape index (κ1) is 21.8. The maximum absolute atomic E-state index is 12.9. The van der Waals surface area contributed by atoms with Crippen LogP contribution in [-0.4, -0.2) is 30.3 Å². The third-order valence-corrected chi connectivity index (χ3v) is 5.91. The first-order valence-corrected chi connectivity index (χ1v) is 10.6. The summed E-state index contributed by atoms with van der Waals surface area (Å²) >= 11 is 5.87. The van der Waals surface area contributed by atoms with Gasteiger partial charge >= 0.3 is 5.97 Å². The number of nitrogens with zero attached hydrogens (tertiary/aromatic N) is 1. The van der Waals surface area contributed by atoms with Crippen molar-refractivity contribution < 1.29 is 23.9 Å². The van der Waals surface area contributed by atoms with E-state index in [1.165, 1.54) is 29.2 Å². The molecule has 1 aliphatic carbocycles. The number of fused-ring (bicyclic) bond motifs is 1. The summed E-state index contributed by atoms with van der Waals surface area (Å²) in [5.41, 5.74) is 1.11. The molecule has 2 aliphatic rings. The Morgan fingerprint density at radius 2 is 1.88 bits per heavy atom. The summed E-state index contributed by atoms with van der Waals surface area (Å²) in [6.07, 6.45) is 4.47. The van der Waals surface area contributed by atoms with Crippen LogP contribution in [0.2, 0.25) is 5.02 Å². The largest absolute Gasteiger partial charge is 0.452 e. The zero-order valence-corrected chi connectivity index (χ0v) is 18.0. The Kier molecular flexibility index (Phi) is 6.10. The summed E-state index contributed by atoms with van der Waals surface area (Å²) < 4.78 is 5.05. The predicted octanol–water partition coefficient (Wildman–Crippen LogP) is 3.84. The Hall–Kier alpha value is -3.45. The minimum absolute atomic E-state index is 0.00232. The molecule has 1 aliphatic heterocycles. The van der Waals surface area contributed by atoms with Crippen LogP contribution in [0.1, 0.15) is 23.7 Å². The molecule has 0 saturated carbocycles. The van der Waals surface area contributed by atoms with Gasteiger partial charge in [-0.25, -0.2) is 4.79 Å². The lowest BCUT2D eigenvalue weighted by atomic mass is 9.78. The topological polar surface area (TPSA) is 92.8 Å². The van der Waals surface area contributed by atoms with Crippen LogP contribution >= 0.6 is 11.6 Å². The van der Waals surface area contributed by atoms with Gasteiger partial charge in [-0.1, -0.05) is 36.7 Å². The molecule has 0 spiro atoms. The first-order valence-electron chi connectivity index (χ1n) is 10.2. The maximum Gasteiger partial charge on any atom is 0.338 e. The number of ether oxygens (including phenoxy) is 1. The van der Waals surface area contributed by atoms with Crippen molar-refractivity contribution in [3.63, 3.8) is 0 Å². The minimum atomic E-state index is -0.691. The Bertz CT molecular complexity index is 1110. The molecule has 8 heteroatoms. The van der Waals surface area contributed by atoms with Crippen LogP contribution in [0, 0.1) is 17.8 Å². The van der Waals surface area contributed by atoms with Gasteiger partial charge in [0.05, 0.1) is 23.1 Å². The number of hydrogen-bond acceptors (Lipinski definition) is 5. The van der Waals surface area contributed by atoms with E-state index in [0.717, 1.165) is 0 Å². The van der Waals surface area contributed by atoms with E-state index >= 15 is 0 Å². The molecule has 1 saturated heterocycles. The van der Waals surface area contributed by atoms with E-state index < -0.39 is 18.5 Å². The van der Waals surface area contributed by atoms with Crippen LogP contribution in [0.15, 0.2) is 60.7 Å². The molecule has 0 aromatic heterocycles. The van der Waals surface area contributed by atoms with Crippen LogP contribution in [0.3, 0.4) is 0 Å². The van der Waals surface area contributed by atoms with Gasteiger partial charge < -0.3 is 10.1 Å². The van der Waals surface area contributed by atoms with E-state index in [1.54, 1.807) is 24.3 Å². The van der Waals surface area contributed by atoms with Crippen LogP contribution in [-0.2, 0) is 19.1 Å². The molecule has 0 bridgehead atoms. The van der Waals surface area contributed by atoms with Crippen molar-refractivity contribution in [3.8, 4) is 0 Å². The second-order valence-electron chi connectivity index (χ2n) is 7.85. The fourth-order valence-corrected chi connectivity index (χ4v) is 4.32. The molecule has 0 radical (unpaired) electrons. The van der Waals surface area contributed by atoms with Gasteiger partial charge in [0.1, 0.15) is 0 Å². The molecule has 2 aromatic carbocycles. The zero-order chi connectivity index (χ0) is 22.8. The average molecular weight is 453 g/mol. The third-order valence-electron chi connectivity index (χ3n) is 5.68. The van der Waals surface area contributed by atoms with Gasteiger partial charge in [0.25, 0.3) is 5.91 Å². The SMILES string of the molecule is C[C@@H]1C=CC[C@@H]2C(=O)N(c3ccc(C(=O)OCC(=O)Nc4cccc(Cl)c4)cc3)C(=O)[C@@H]12. The summed E-state index contributed by atoms with van der Waals surface area (Å²) in [7, 11) is 0. The van der Waals surface area contributed by atoms with Crippen LogP contribution in [0.25, 0.3) is 0 Å². The van der Waals surface area contributed by atoms with E-state index in [-0.39, 0.29) is 35.1 Å². The van der Waals surface area contributed by atoms with E-state index in [4.69, 9.17) is 16.3 Å². The molecule has 2 aromatic rings. The lowest BCUT2D eigenvalue weighted by molar-refractivity contribution is -0.123. The van der Waals surface area contributed by atoms with Crippen LogP contribution < -0.4 is 10.2 Å².